The van der Waals surface area contributed by atoms with Crippen LogP contribution < -0.4 is 16.0 Å². The van der Waals surface area contributed by atoms with Crippen molar-refractivity contribution in [2.24, 2.45) is 0 Å². The standard InChI is InChI=1S/C14H18N4O/c15-9-11-4-3-6-12(8-11)17-14(19)18-13-5-1-2-7-16-10-13/h3-4,6,8,13,16H,1-2,5,7,10H2,(H2,17,18,19). The molecule has 1 atom stereocenters. The molecule has 1 aromatic rings. The molecule has 5 nitrogen and oxygen atoms in total. The number of amides is 2. The topological polar surface area (TPSA) is 77.0 Å². The van der Waals surface area contributed by atoms with E-state index in [0.29, 0.717) is 11.3 Å². The average Bonchev–Trinajstić information content (AvgIpc) is 2.67. The van der Waals surface area contributed by atoms with Gasteiger partial charge in [-0.15, -0.1) is 0 Å². The maximum atomic E-state index is 11.9. The quantitative estimate of drug-likeness (QED) is 0.757. The first-order chi connectivity index (χ1) is 9.28. The highest BCUT2D eigenvalue weighted by Gasteiger charge is 2.14. The molecule has 1 aliphatic rings. The van der Waals surface area contributed by atoms with E-state index in [1.165, 1.54) is 0 Å². The molecule has 2 amide bonds. The van der Waals surface area contributed by atoms with Gasteiger partial charge >= 0.3 is 6.03 Å². The monoisotopic (exact) mass is 258 g/mol. The van der Waals surface area contributed by atoms with Gasteiger partial charge in [0, 0.05) is 18.3 Å². The average molecular weight is 258 g/mol. The first kappa shape index (κ1) is 13.4. The number of carbonyl (C=O) groups is 1. The fourth-order valence-electron chi connectivity index (χ4n) is 2.16. The summed E-state index contributed by atoms with van der Waals surface area (Å²) in [6, 6.07) is 8.88. The smallest absolute Gasteiger partial charge is 0.319 e. The second kappa shape index (κ2) is 6.76. The maximum Gasteiger partial charge on any atom is 0.319 e. The van der Waals surface area contributed by atoms with Gasteiger partial charge < -0.3 is 16.0 Å². The number of benzene rings is 1. The number of rotatable bonds is 2. The third-order valence-corrected chi connectivity index (χ3v) is 3.13. The van der Waals surface area contributed by atoms with Crippen molar-refractivity contribution in [1.82, 2.24) is 10.6 Å². The van der Waals surface area contributed by atoms with E-state index < -0.39 is 0 Å². The van der Waals surface area contributed by atoms with E-state index in [1.807, 2.05) is 6.07 Å². The molecule has 1 unspecified atom stereocenters. The lowest BCUT2D eigenvalue weighted by Gasteiger charge is -2.16. The fourth-order valence-corrected chi connectivity index (χ4v) is 2.16. The van der Waals surface area contributed by atoms with Crippen LogP contribution in [0.2, 0.25) is 0 Å². The predicted octanol–water partition coefficient (Wildman–Crippen LogP) is 1.82. The van der Waals surface area contributed by atoms with Gasteiger partial charge in [-0.2, -0.15) is 5.26 Å². The molecule has 0 aromatic heterocycles. The third-order valence-electron chi connectivity index (χ3n) is 3.13. The Morgan fingerprint density at radius 1 is 1.42 bits per heavy atom. The summed E-state index contributed by atoms with van der Waals surface area (Å²) in [5.74, 6) is 0. The molecule has 0 spiro atoms. The van der Waals surface area contributed by atoms with Gasteiger partial charge in [0.05, 0.1) is 11.6 Å². The van der Waals surface area contributed by atoms with Gasteiger partial charge in [0.2, 0.25) is 0 Å². The van der Waals surface area contributed by atoms with E-state index in [9.17, 15) is 4.79 Å². The molecule has 1 saturated heterocycles. The van der Waals surface area contributed by atoms with Gasteiger partial charge in [-0.05, 0) is 37.6 Å². The number of anilines is 1. The molecule has 0 bridgehead atoms. The molecule has 19 heavy (non-hydrogen) atoms. The summed E-state index contributed by atoms with van der Waals surface area (Å²) in [5.41, 5.74) is 1.17. The molecule has 1 fully saturated rings. The zero-order valence-electron chi connectivity index (χ0n) is 10.8. The summed E-state index contributed by atoms with van der Waals surface area (Å²) in [6.07, 6.45) is 3.28. The van der Waals surface area contributed by atoms with E-state index in [1.54, 1.807) is 24.3 Å². The van der Waals surface area contributed by atoms with Crippen molar-refractivity contribution in [3.8, 4) is 6.07 Å². The zero-order valence-corrected chi connectivity index (χ0v) is 10.8. The lowest BCUT2D eigenvalue weighted by atomic mass is 10.1. The predicted molar refractivity (Wildman–Crippen MR) is 73.8 cm³/mol. The molecule has 100 valence electrons. The number of hydrogen-bond acceptors (Lipinski definition) is 3. The van der Waals surface area contributed by atoms with Crippen LogP contribution in [0.15, 0.2) is 24.3 Å². The largest absolute Gasteiger partial charge is 0.334 e. The molecule has 1 aromatic carbocycles. The van der Waals surface area contributed by atoms with Crippen LogP contribution in [0.3, 0.4) is 0 Å². The number of urea groups is 1. The first-order valence-electron chi connectivity index (χ1n) is 6.56. The second-order valence-electron chi connectivity index (χ2n) is 4.69. The van der Waals surface area contributed by atoms with Crippen molar-refractivity contribution in [1.29, 1.82) is 5.26 Å². The van der Waals surface area contributed by atoms with Crippen LogP contribution in [0.25, 0.3) is 0 Å². The van der Waals surface area contributed by atoms with Gasteiger partial charge in [-0.3, -0.25) is 0 Å². The first-order valence-corrected chi connectivity index (χ1v) is 6.56. The molecule has 2 rings (SSSR count). The Bertz CT molecular complexity index is 473. The minimum Gasteiger partial charge on any atom is -0.334 e. The van der Waals surface area contributed by atoms with Gasteiger partial charge in [-0.25, -0.2) is 4.79 Å². The number of carbonyl (C=O) groups excluding carboxylic acids is 1. The summed E-state index contributed by atoms with van der Waals surface area (Å²) in [7, 11) is 0. The molecule has 0 saturated carbocycles. The summed E-state index contributed by atoms with van der Waals surface area (Å²) in [5, 5.41) is 17.8. The minimum atomic E-state index is -0.219. The fraction of sp³-hybridized carbons (Fsp3) is 0.429. The molecular weight excluding hydrogens is 240 g/mol. The Morgan fingerprint density at radius 3 is 3.16 bits per heavy atom. The summed E-state index contributed by atoms with van der Waals surface area (Å²) in [4.78, 5) is 11.9. The normalized spacial score (nSPS) is 19.0. The Hall–Kier alpha value is -2.06. The van der Waals surface area contributed by atoms with Crippen LogP contribution in [0, 0.1) is 11.3 Å². The van der Waals surface area contributed by atoms with Gasteiger partial charge in [-0.1, -0.05) is 12.5 Å². The number of nitrogens with zero attached hydrogens (tertiary/aromatic N) is 1. The SMILES string of the molecule is N#Cc1cccc(NC(=O)NC2CCCCNC2)c1. The van der Waals surface area contributed by atoms with Crippen molar-refractivity contribution in [3.05, 3.63) is 29.8 Å². The van der Waals surface area contributed by atoms with Crippen LogP contribution in [-0.2, 0) is 0 Å². The molecule has 1 aliphatic heterocycles. The highest BCUT2D eigenvalue weighted by atomic mass is 16.2. The van der Waals surface area contributed by atoms with Crippen molar-refractivity contribution < 1.29 is 4.79 Å². The lowest BCUT2D eigenvalue weighted by Crippen LogP contribution is -2.42. The zero-order chi connectivity index (χ0) is 13.5. The van der Waals surface area contributed by atoms with Crippen LogP contribution in [0.1, 0.15) is 24.8 Å². The van der Waals surface area contributed by atoms with Gasteiger partial charge in [0.1, 0.15) is 0 Å². The van der Waals surface area contributed by atoms with Crippen LogP contribution >= 0.6 is 0 Å². The molecule has 0 radical (unpaired) electrons. The van der Waals surface area contributed by atoms with E-state index in [-0.39, 0.29) is 12.1 Å². The van der Waals surface area contributed by atoms with Crippen molar-refractivity contribution in [2.75, 3.05) is 18.4 Å². The molecular formula is C14H18N4O. The number of hydrogen-bond donors (Lipinski definition) is 3. The lowest BCUT2D eigenvalue weighted by molar-refractivity contribution is 0.247. The molecule has 5 heteroatoms. The molecule has 3 N–H and O–H groups in total. The number of nitriles is 1. The molecule has 0 aliphatic carbocycles. The van der Waals surface area contributed by atoms with Crippen molar-refractivity contribution in [2.45, 2.75) is 25.3 Å². The summed E-state index contributed by atoms with van der Waals surface area (Å²) < 4.78 is 0. The highest BCUT2D eigenvalue weighted by molar-refractivity contribution is 5.89. The van der Waals surface area contributed by atoms with Crippen molar-refractivity contribution in [3.63, 3.8) is 0 Å². The van der Waals surface area contributed by atoms with Gasteiger partial charge in [0.15, 0.2) is 0 Å². The highest BCUT2D eigenvalue weighted by Crippen LogP contribution is 2.10. The summed E-state index contributed by atoms with van der Waals surface area (Å²) in [6.45, 7) is 1.83. The third kappa shape index (κ3) is 4.27. The van der Waals surface area contributed by atoms with E-state index >= 15 is 0 Å². The second-order valence-corrected chi connectivity index (χ2v) is 4.69. The minimum absolute atomic E-state index is 0.168. The van der Waals surface area contributed by atoms with Crippen LogP contribution in [0.4, 0.5) is 10.5 Å². The van der Waals surface area contributed by atoms with E-state index in [2.05, 4.69) is 16.0 Å². The van der Waals surface area contributed by atoms with Gasteiger partial charge in [0.25, 0.3) is 0 Å². The van der Waals surface area contributed by atoms with Crippen molar-refractivity contribution >= 4 is 11.7 Å². The Balaban J connectivity index is 1.88. The van der Waals surface area contributed by atoms with E-state index in [4.69, 9.17) is 5.26 Å². The Morgan fingerprint density at radius 2 is 2.32 bits per heavy atom. The van der Waals surface area contributed by atoms with Crippen LogP contribution in [-0.4, -0.2) is 25.2 Å². The molecule has 1 heterocycles. The summed E-state index contributed by atoms with van der Waals surface area (Å²) >= 11 is 0. The Kier molecular flexibility index (Phi) is 4.76. The number of nitrogens with one attached hydrogen (secondary N) is 3. The van der Waals surface area contributed by atoms with E-state index in [0.717, 1.165) is 32.4 Å². The Labute approximate surface area is 113 Å². The maximum absolute atomic E-state index is 11.9. The van der Waals surface area contributed by atoms with Crippen LogP contribution in [0.5, 0.6) is 0 Å².